The van der Waals surface area contributed by atoms with E-state index in [2.05, 4.69) is 126 Å². The Balaban J connectivity index is 1.53. The van der Waals surface area contributed by atoms with Crippen molar-refractivity contribution in [1.29, 1.82) is 0 Å². The van der Waals surface area contributed by atoms with Gasteiger partial charge in [0.1, 0.15) is 5.75 Å². The lowest BCUT2D eigenvalue weighted by Gasteiger charge is -2.39. The molecule has 4 rings (SSSR count). The molecule has 2 N–H and O–H groups in total. The van der Waals surface area contributed by atoms with Gasteiger partial charge in [0.15, 0.2) is 2.12 Å². The van der Waals surface area contributed by atoms with Gasteiger partial charge in [0, 0.05) is 50.3 Å². The van der Waals surface area contributed by atoms with Crippen LogP contribution in [-0.4, -0.2) is 47.0 Å². The number of aliphatic hydroxyl groups excluding tert-OH is 1. The zero-order valence-electron chi connectivity index (χ0n) is 20.6. The smallest absolute Gasteiger partial charge is 0.259 e. The molecule has 3 atom stereocenters. The van der Waals surface area contributed by atoms with E-state index >= 15 is 0 Å². The minimum absolute atomic E-state index is 0.0576. The Morgan fingerprint density at radius 2 is 1.86 bits per heavy atom. The number of anilines is 1. The zero-order chi connectivity index (χ0) is 26.9. The number of halogens is 4. The van der Waals surface area contributed by atoms with Crippen molar-refractivity contribution in [2.24, 2.45) is 11.8 Å². The van der Waals surface area contributed by atoms with Crippen LogP contribution in [0.15, 0.2) is 42.6 Å². The Bertz CT molecular complexity index is 1270. The molecule has 37 heavy (non-hydrogen) atoms. The maximum absolute atomic E-state index is 13.2. The number of ether oxygens (including phenoxy) is 1. The third kappa shape index (κ3) is 7.49. The van der Waals surface area contributed by atoms with E-state index in [1.165, 1.54) is 0 Å². The molecule has 7 nitrogen and oxygen atoms in total. The first-order chi connectivity index (χ1) is 17.5. The summed E-state index contributed by atoms with van der Waals surface area (Å²) in [5.41, 5.74) is 3.85. The number of hydrogen-bond donors (Lipinski definition) is 2. The lowest BCUT2D eigenvalue weighted by Crippen LogP contribution is -2.46. The molecule has 1 aliphatic heterocycles. The Morgan fingerprint density at radius 1 is 1.16 bits per heavy atom. The van der Waals surface area contributed by atoms with E-state index in [0.717, 1.165) is 43.8 Å². The minimum atomic E-state index is -0.264. The lowest BCUT2D eigenvalue weighted by molar-refractivity contribution is -0.0109. The molecule has 1 fully saturated rings. The number of aromatic nitrogens is 2. The summed E-state index contributed by atoms with van der Waals surface area (Å²) in [5.74, 6) is 0.982. The summed E-state index contributed by atoms with van der Waals surface area (Å²) < 4.78 is 10.0. The van der Waals surface area contributed by atoms with E-state index in [9.17, 15) is 9.90 Å². The van der Waals surface area contributed by atoms with E-state index in [-0.39, 0.29) is 26.0 Å². The summed E-state index contributed by atoms with van der Waals surface area (Å²) in [7, 11) is 0. The van der Waals surface area contributed by atoms with Crippen LogP contribution in [0.25, 0.3) is 5.69 Å². The summed E-state index contributed by atoms with van der Waals surface area (Å²) in [6.45, 7) is 8.44. The van der Waals surface area contributed by atoms with E-state index < -0.39 is 0 Å². The van der Waals surface area contributed by atoms with Gasteiger partial charge in [-0.15, -0.1) is 0 Å². The SMILES string of the molecule is Cc1nn(-c2ccc(I)cc2I)cc1C(=O)Nc1ccc(CN2C[C@@H](C)C(O)[C@@H](C)C2)c(OC(I)I)c1. The van der Waals surface area contributed by atoms with Gasteiger partial charge in [0.25, 0.3) is 5.91 Å². The highest BCUT2D eigenvalue weighted by Gasteiger charge is 2.30. The molecular formula is C26H28I4N4O3. The van der Waals surface area contributed by atoms with Crippen molar-refractivity contribution in [3.05, 3.63) is 66.6 Å². The Labute approximate surface area is 272 Å². The Hall–Kier alpha value is -0.240. The molecule has 0 bridgehead atoms. The van der Waals surface area contributed by atoms with Gasteiger partial charge in [0.05, 0.1) is 23.0 Å². The maximum Gasteiger partial charge on any atom is 0.259 e. The number of piperidine rings is 1. The van der Waals surface area contributed by atoms with Crippen LogP contribution in [0.2, 0.25) is 0 Å². The molecule has 0 saturated carbocycles. The predicted octanol–water partition coefficient (Wildman–Crippen LogP) is 6.62. The van der Waals surface area contributed by atoms with Gasteiger partial charge >= 0.3 is 0 Å². The average molecular weight is 952 g/mol. The van der Waals surface area contributed by atoms with Gasteiger partial charge in [-0.2, -0.15) is 5.10 Å². The highest BCUT2D eigenvalue weighted by molar-refractivity contribution is 14.2. The second kappa shape index (κ2) is 13.0. The largest absolute Gasteiger partial charge is 0.470 e. The Kier molecular flexibility index (Phi) is 10.4. The number of nitrogens with one attached hydrogen (secondary N) is 1. The fourth-order valence-electron chi connectivity index (χ4n) is 4.68. The number of aryl methyl sites for hydroxylation is 1. The second-order valence-electron chi connectivity index (χ2n) is 9.46. The fourth-order valence-corrected chi connectivity index (χ4v) is 7.07. The third-order valence-electron chi connectivity index (χ3n) is 6.49. The first-order valence-electron chi connectivity index (χ1n) is 11.8. The van der Waals surface area contributed by atoms with Gasteiger partial charge in [-0.05, 0) is 133 Å². The summed E-state index contributed by atoms with van der Waals surface area (Å²) in [6.07, 6.45) is 1.51. The average Bonchev–Trinajstić information content (AvgIpc) is 3.20. The van der Waals surface area contributed by atoms with Crippen molar-refractivity contribution in [1.82, 2.24) is 14.7 Å². The van der Waals surface area contributed by atoms with Crippen molar-refractivity contribution in [3.63, 3.8) is 0 Å². The summed E-state index contributed by atoms with van der Waals surface area (Å²) in [5, 5.41) is 17.9. The standard InChI is InChI=1S/C26H28I4N4O3/c1-14-10-33(11-15(2)24(14)35)12-17-4-6-19(9-23(17)37-26(29)30)31-25(36)20-13-34(32-16(20)3)22-7-5-18(27)8-21(22)28/h4-9,13-15,24,26,35H,10-12H2,1-3H3,(H,31,36)/t14-,15+,24?. The minimum Gasteiger partial charge on any atom is -0.470 e. The molecule has 0 radical (unpaired) electrons. The summed E-state index contributed by atoms with van der Waals surface area (Å²) >= 11 is 9.02. The van der Waals surface area contributed by atoms with E-state index in [1.807, 2.05) is 37.3 Å². The molecular weight excluding hydrogens is 924 g/mol. The first kappa shape index (κ1) is 29.7. The molecule has 1 amide bonds. The summed E-state index contributed by atoms with van der Waals surface area (Å²) in [6, 6.07) is 11.9. The molecule has 1 unspecified atom stereocenters. The molecule has 11 heteroatoms. The van der Waals surface area contributed by atoms with Crippen LogP contribution in [0.5, 0.6) is 5.75 Å². The quantitative estimate of drug-likeness (QED) is 0.206. The number of likely N-dealkylation sites (tertiary alicyclic amines) is 1. The van der Waals surface area contributed by atoms with Crippen LogP contribution < -0.4 is 10.1 Å². The van der Waals surface area contributed by atoms with Gasteiger partial charge in [0.2, 0.25) is 0 Å². The van der Waals surface area contributed by atoms with Crippen molar-refractivity contribution < 1.29 is 14.6 Å². The van der Waals surface area contributed by atoms with Crippen molar-refractivity contribution >= 4 is 102 Å². The highest BCUT2D eigenvalue weighted by atomic mass is 127. The van der Waals surface area contributed by atoms with Crippen LogP contribution in [0, 0.1) is 25.9 Å². The molecule has 1 aliphatic rings. The number of rotatable bonds is 7. The van der Waals surface area contributed by atoms with Crippen molar-refractivity contribution in [3.8, 4) is 11.4 Å². The van der Waals surface area contributed by atoms with Crippen molar-refractivity contribution in [2.45, 2.75) is 35.5 Å². The van der Waals surface area contributed by atoms with Gasteiger partial charge in [-0.3, -0.25) is 9.69 Å². The number of aliphatic hydroxyl groups is 1. The highest BCUT2D eigenvalue weighted by Crippen LogP contribution is 2.31. The molecule has 0 spiro atoms. The second-order valence-corrected chi connectivity index (χ2v) is 16.5. The van der Waals surface area contributed by atoms with Crippen LogP contribution in [0.1, 0.15) is 35.5 Å². The fraction of sp³-hybridized carbons (Fsp3) is 0.385. The lowest BCUT2D eigenvalue weighted by atomic mass is 9.88. The van der Waals surface area contributed by atoms with Gasteiger partial charge in [-0.1, -0.05) is 19.9 Å². The number of hydrogen-bond acceptors (Lipinski definition) is 5. The van der Waals surface area contributed by atoms with Gasteiger partial charge in [-0.25, -0.2) is 4.68 Å². The molecule has 2 aromatic carbocycles. The monoisotopic (exact) mass is 952 g/mol. The van der Waals surface area contributed by atoms with E-state index in [1.54, 1.807) is 10.9 Å². The molecule has 1 aromatic heterocycles. The topological polar surface area (TPSA) is 79.6 Å². The number of nitrogens with zero attached hydrogens (tertiary/aromatic N) is 3. The normalized spacial score (nSPS) is 20.3. The van der Waals surface area contributed by atoms with Crippen LogP contribution in [0.4, 0.5) is 5.69 Å². The molecule has 1 saturated heterocycles. The number of benzene rings is 2. The summed E-state index contributed by atoms with van der Waals surface area (Å²) in [4.78, 5) is 15.6. The van der Waals surface area contributed by atoms with Crippen LogP contribution >= 0.6 is 90.4 Å². The van der Waals surface area contributed by atoms with E-state index in [4.69, 9.17) is 4.74 Å². The van der Waals surface area contributed by atoms with Crippen LogP contribution in [0.3, 0.4) is 0 Å². The van der Waals surface area contributed by atoms with E-state index in [0.29, 0.717) is 16.9 Å². The van der Waals surface area contributed by atoms with Gasteiger partial charge < -0.3 is 15.2 Å². The number of carbonyl (C=O) groups is 1. The molecule has 0 aliphatic carbocycles. The molecule has 198 valence electrons. The molecule has 3 aromatic rings. The number of alkyl halides is 2. The number of carbonyl (C=O) groups excluding carboxylic acids is 1. The third-order valence-corrected chi connectivity index (χ3v) is 8.54. The predicted molar refractivity (Wildman–Crippen MR) is 180 cm³/mol. The molecule has 2 heterocycles. The Morgan fingerprint density at radius 3 is 2.51 bits per heavy atom. The van der Waals surface area contributed by atoms with Crippen molar-refractivity contribution in [2.75, 3.05) is 18.4 Å². The maximum atomic E-state index is 13.2. The first-order valence-corrected chi connectivity index (χ1v) is 16.5. The number of amides is 1. The van der Waals surface area contributed by atoms with Crippen LogP contribution in [-0.2, 0) is 6.54 Å². The zero-order valence-corrected chi connectivity index (χ0v) is 29.2.